The van der Waals surface area contributed by atoms with Crippen LogP contribution in [0.2, 0.25) is 0 Å². The highest BCUT2D eigenvalue weighted by molar-refractivity contribution is 7.98. The fourth-order valence-electron chi connectivity index (χ4n) is 2.56. The van der Waals surface area contributed by atoms with Crippen LogP contribution < -0.4 is 4.74 Å². The van der Waals surface area contributed by atoms with Gasteiger partial charge in [0.25, 0.3) is 0 Å². The van der Waals surface area contributed by atoms with Crippen LogP contribution in [0.25, 0.3) is 0 Å². The van der Waals surface area contributed by atoms with Crippen LogP contribution in [0.4, 0.5) is 0 Å². The smallest absolute Gasteiger partial charge is 0.191 e. The average Bonchev–Trinajstić information content (AvgIpc) is 3.02. The zero-order chi connectivity index (χ0) is 16.8. The molecule has 0 saturated heterocycles. The molecule has 4 nitrogen and oxygen atoms in total. The highest BCUT2D eigenvalue weighted by Crippen LogP contribution is 2.24. The van der Waals surface area contributed by atoms with Gasteiger partial charge in [-0.15, -0.1) is 10.2 Å². The highest BCUT2D eigenvalue weighted by atomic mass is 32.2. The molecule has 0 unspecified atom stereocenters. The lowest BCUT2D eigenvalue weighted by Crippen LogP contribution is -2.04. The molecule has 0 fully saturated rings. The minimum atomic E-state index is 0.807. The van der Waals surface area contributed by atoms with Crippen molar-refractivity contribution >= 4 is 11.8 Å². The molecular formula is C19H21N3OS. The molecule has 0 saturated carbocycles. The van der Waals surface area contributed by atoms with Gasteiger partial charge in [0, 0.05) is 18.7 Å². The van der Waals surface area contributed by atoms with Gasteiger partial charge < -0.3 is 9.30 Å². The molecule has 1 aromatic heterocycles. The third-order valence-corrected chi connectivity index (χ3v) is 4.85. The van der Waals surface area contributed by atoms with E-state index in [4.69, 9.17) is 4.74 Å². The number of rotatable bonds is 7. The zero-order valence-corrected chi connectivity index (χ0v) is 14.8. The van der Waals surface area contributed by atoms with E-state index >= 15 is 0 Å². The van der Waals surface area contributed by atoms with Gasteiger partial charge in [-0.3, -0.25) is 0 Å². The molecule has 2 aromatic carbocycles. The summed E-state index contributed by atoms with van der Waals surface area (Å²) in [4.78, 5) is 0. The number of thioether (sulfide) groups is 1. The zero-order valence-electron chi connectivity index (χ0n) is 14.0. The predicted molar refractivity (Wildman–Crippen MR) is 97.5 cm³/mol. The Bertz CT molecular complexity index is 786. The Balaban J connectivity index is 1.72. The van der Waals surface area contributed by atoms with Crippen molar-refractivity contribution in [3.8, 4) is 5.75 Å². The van der Waals surface area contributed by atoms with E-state index in [0.29, 0.717) is 0 Å². The van der Waals surface area contributed by atoms with Crippen molar-refractivity contribution in [3.05, 3.63) is 71.5 Å². The quantitative estimate of drug-likeness (QED) is 0.605. The molecule has 0 radical (unpaired) electrons. The third-order valence-electron chi connectivity index (χ3n) is 3.82. The number of hydrogen-bond donors (Lipinski definition) is 0. The summed E-state index contributed by atoms with van der Waals surface area (Å²) in [5.74, 6) is 2.74. The van der Waals surface area contributed by atoms with Crippen molar-refractivity contribution in [3.63, 3.8) is 0 Å². The molecule has 0 N–H and O–H groups in total. The Hall–Kier alpha value is -2.27. The second-order valence-electron chi connectivity index (χ2n) is 5.45. The van der Waals surface area contributed by atoms with Crippen LogP contribution >= 0.6 is 11.8 Å². The SMILES string of the molecule is CCn1c(Cc2ccccc2)nnc1SCc1cccc(OC)c1. The Labute approximate surface area is 146 Å². The summed E-state index contributed by atoms with van der Waals surface area (Å²) in [6.07, 6.45) is 0.807. The lowest BCUT2D eigenvalue weighted by molar-refractivity contribution is 0.414. The molecule has 0 bridgehead atoms. The molecule has 24 heavy (non-hydrogen) atoms. The number of hydrogen-bond acceptors (Lipinski definition) is 4. The molecule has 3 rings (SSSR count). The van der Waals surface area contributed by atoms with Crippen LogP contribution in [-0.2, 0) is 18.7 Å². The number of methoxy groups -OCH3 is 1. The van der Waals surface area contributed by atoms with E-state index in [1.165, 1.54) is 11.1 Å². The molecular weight excluding hydrogens is 318 g/mol. The van der Waals surface area contributed by atoms with Gasteiger partial charge in [0.05, 0.1) is 7.11 Å². The van der Waals surface area contributed by atoms with Gasteiger partial charge in [-0.2, -0.15) is 0 Å². The maximum atomic E-state index is 5.28. The van der Waals surface area contributed by atoms with Crippen LogP contribution in [-0.4, -0.2) is 21.9 Å². The monoisotopic (exact) mass is 339 g/mol. The van der Waals surface area contributed by atoms with E-state index in [0.717, 1.165) is 35.4 Å². The molecule has 0 aliphatic heterocycles. The first kappa shape index (κ1) is 16.6. The average molecular weight is 339 g/mol. The van der Waals surface area contributed by atoms with E-state index in [-0.39, 0.29) is 0 Å². The first-order chi connectivity index (χ1) is 11.8. The predicted octanol–water partition coefficient (Wildman–Crippen LogP) is 4.19. The van der Waals surface area contributed by atoms with Gasteiger partial charge in [-0.1, -0.05) is 54.2 Å². The van der Waals surface area contributed by atoms with Crippen LogP contribution in [0.3, 0.4) is 0 Å². The maximum absolute atomic E-state index is 5.28. The van der Waals surface area contributed by atoms with Crippen LogP contribution in [0.5, 0.6) is 5.75 Å². The normalized spacial score (nSPS) is 10.8. The molecule has 5 heteroatoms. The van der Waals surface area contributed by atoms with Gasteiger partial charge in [-0.25, -0.2) is 0 Å². The summed E-state index contributed by atoms with van der Waals surface area (Å²) in [6.45, 7) is 3.00. The topological polar surface area (TPSA) is 39.9 Å². The van der Waals surface area contributed by atoms with E-state index in [1.807, 2.05) is 18.2 Å². The van der Waals surface area contributed by atoms with Crippen LogP contribution in [0, 0.1) is 0 Å². The molecule has 0 spiro atoms. The van der Waals surface area contributed by atoms with Gasteiger partial charge in [0.2, 0.25) is 0 Å². The Morgan fingerprint density at radius 3 is 2.54 bits per heavy atom. The summed E-state index contributed by atoms with van der Waals surface area (Å²) in [5.41, 5.74) is 2.47. The molecule has 124 valence electrons. The summed E-state index contributed by atoms with van der Waals surface area (Å²) in [6, 6.07) is 18.5. The van der Waals surface area contributed by atoms with Crippen LogP contribution in [0.1, 0.15) is 23.9 Å². The molecule has 1 heterocycles. The van der Waals surface area contributed by atoms with Crippen molar-refractivity contribution in [1.29, 1.82) is 0 Å². The largest absolute Gasteiger partial charge is 0.497 e. The fraction of sp³-hybridized carbons (Fsp3) is 0.263. The molecule has 0 atom stereocenters. The molecule has 0 aliphatic rings. The molecule has 0 aliphatic carbocycles. The number of nitrogens with zero attached hydrogens (tertiary/aromatic N) is 3. The summed E-state index contributed by atoms with van der Waals surface area (Å²) in [7, 11) is 1.69. The lowest BCUT2D eigenvalue weighted by atomic mass is 10.1. The van der Waals surface area contributed by atoms with Gasteiger partial charge in [-0.05, 0) is 30.2 Å². The number of aromatic nitrogens is 3. The standard InChI is InChI=1S/C19H21N3OS/c1-3-22-18(13-15-8-5-4-6-9-15)20-21-19(22)24-14-16-10-7-11-17(12-16)23-2/h4-12H,3,13-14H2,1-2H3. The highest BCUT2D eigenvalue weighted by Gasteiger charge is 2.12. The van der Waals surface area contributed by atoms with Gasteiger partial charge >= 0.3 is 0 Å². The minimum Gasteiger partial charge on any atom is -0.497 e. The van der Waals surface area contributed by atoms with Crippen molar-refractivity contribution in [2.45, 2.75) is 30.8 Å². The fourth-order valence-corrected chi connectivity index (χ4v) is 3.53. The summed E-state index contributed by atoms with van der Waals surface area (Å²) < 4.78 is 7.47. The van der Waals surface area contributed by atoms with Crippen molar-refractivity contribution < 1.29 is 4.74 Å². The Morgan fingerprint density at radius 1 is 1.00 bits per heavy atom. The number of ether oxygens (including phenoxy) is 1. The van der Waals surface area contributed by atoms with Crippen LogP contribution in [0.15, 0.2) is 59.8 Å². The summed E-state index contributed by atoms with van der Waals surface area (Å²) in [5, 5.41) is 9.75. The minimum absolute atomic E-state index is 0.807. The third kappa shape index (κ3) is 3.97. The van der Waals surface area contributed by atoms with Gasteiger partial charge in [0.1, 0.15) is 11.6 Å². The first-order valence-corrected chi connectivity index (χ1v) is 9.00. The Kier molecular flexibility index (Phi) is 5.54. The molecule has 0 amide bonds. The van der Waals surface area contributed by atoms with Crippen molar-refractivity contribution in [2.75, 3.05) is 7.11 Å². The lowest BCUT2D eigenvalue weighted by Gasteiger charge is -2.08. The van der Waals surface area contributed by atoms with E-state index in [1.54, 1.807) is 18.9 Å². The second kappa shape index (κ2) is 8.02. The summed E-state index contributed by atoms with van der Waals surface area (Å²) >= 11 is 1.71. The second-order valence-corrected chi connectivity index (χ2v) is 6.39. The van der Waals surface area contributed by atoms with E-state index in [2.05, 4.69) is 58.1 Å². The van der Waals surface area contributed by atoms with Gasteiger partial charge in [0.15, 0.2) is 5.16 Å². The van der Waals surface area contributed by atoms with Crippen molar-refractivity contribution in [1.82, 2.24) is 14.8 Å². The van der Waals surface area contributed by atoms with Crippen molar-refractivity contribution in [2.24, 2.45) is 0 Å². The molecule has 3 aromatic rings. The maximum Gasteiger partial charge on any atom is 0.191 e. The van der Waals surface area contributed by atoms with E-state index in [9.17, 15) is 0 Å². The first-order valence-electron chi connectivity index (χ1n) is 8.02. The Morgan fingerprint density at radius 2 is 1.79 bits per heavy atom. The van der Waals surface area contributed by atoms with E-state index < -0.39 is 0 Å². The number of benzene rings is 2.